The number of aliphatic hydroxyl groups excluding tert-OH is 6. The monoisotopic (exact) mass is 338 g/mol. The molecule has 9 nitrogen and oxygen atoms in total. The maximum absolute atomic E-state index is 10.0. The van der Waals surface area contributed by atoms with E-state index < -0.39 is 55.6 Å². The molecule has 6 N–H and O–H groups in total. The van der Waals surface area contributed by atoms with Crippen LogP contribution in [0.5, 0.6) is 0 Å². The molecule has 0 aromatic heterocycles. The zero-order valence-electron chi connectivity index (χ0n) is 13.1. The number of hydrogen-bond donors (Lipinski definition) is 6. The Labute approximate surface area is 134 Å². The van der Waals surface area contributed by atoms with Crippen LogP contribution in [0, 0.1) is 5.92 Å². The van der Waals surface area contributed by atoms with Crippen LogP contribution in [-0.2, 0) is 14.2 Å². The van der Waals surface area contributed by atoms with Crippen molar-refractivity contribution in [3.05, 3.63) is 0 Å². The minimum atomic E-state index is -1.53. The summed E-state index contributed by atoms with van der Waals surface area (Å²) in [4.78, 5) is 0. The van der Waals surface area contributed by atoms with Gasteiger partial charge >= 0.3 is 0 Å². The first-order chi connectivity index (χ1) is 10.8. The molecule has 0 radical (unpaired) electrons. The normalized spacial score (nSPS) is 51.7. The minimum Gasteiger partial charge on any atom is -0.394 e. The Bertz CT molecular complexity index is 379. The summed E-state index contributed by atoms with van der Waals surface area (Å²) in [7, 11) is 0. The van der Waals surface area contributed by atoms with E-state index in [1.807, 2.05) is 0 Å². The quantitative estimate of drug-likeness (QED) is 0.314. The fourth-order valence-corrected chi connectivity index (χ4v) is 2.82. The summed E-state index contributed by atoms with van der Waals surface area (Å²) in [6, 6.07) is 0. The molecule has 2 saturated heterocycles. The molecule has 2 aliphatic heterocycles. The van der Waals surface area contributed by atoms with E-state index >= 15 is 0 Å². The fourth-order valence-electron chi connectivity index (χ4n) is 2.82. The molecule has 2 rings (SSSR count). The zero-order chi connectivity index (χ0) is 17.3. The largest absolute Gasteiger partial charge is 0.394 e. The fraction of sp³-hybridized carbons (Fsp3) is 1.00. The van der Waals surface area contributed by atoms with Gasteiger partial charge in [-0.15, -0.1) is 0 Å². The van der Waals surface area contributed by atoms with Crippen molar-refractivity contribution < 1.29 is 44.8 Å². The lowest BCUT2D eigenvalue weighted by atomic mass is 9.89. The predicted octanol–water partition coefficient (Wildman–Crippen LogP) is -3.05. The van der Waals surface area contributed by atoms with Crippen molar-refractivity contribution in [2.45, 2.75) is 69.0 Å². The molecule has 0 aromatic rings. The molecule has 0 aliphatic carbocycles. The van der Waals surface area contributed by atoms with Gasteiger partial charge in [0.2, 0.25) is 0 Å². The van der Waals surface area contributed by atoms with Crippen LogP contribution in [0.2, 0.25) is 0 Å². The Hall–Kier alpha value is -0.360. The highest BCUT2D eigenvalue weighted by atomic mass is 16.7. The summed E-state index contributed by atoms with van der Waals surface area (Å²) in [5.74, 6) is -0.242. The van der Waals surface area contributed by atoms with E-state index in [2.05, 4.69) is 0 Å². The lowest BCUT2D eigenvalue weighted by molar-refractivity contribution is -0.312. The summed E-state index contributed by atoms with van der Waals surface area (Å²) in [6.45, 7) is 2.77. The molecule has 0 spiro atoms. The molecule has 10 unspecified atom stereocenters. The summed E-state index contributed by atoms with van der Waals surface area (Å²) in [5.41, 5.74) is 0. The maximum Gasteiger partial charge on any atom is 0.186 e. The van der Waals surface area contributed by atoms with Crippen molar-refractivity contribution in [3.8, 4) is 0 Å². The number of hydrogen-bond acceptors (Lipinski definition) is 9. The molecular formula is C14H26O9. The highest BCUT2D eigenvalue weighted by Gasteiger charge is 2.45. The molecular weight excluding hydrogens is 312 g/mol. The van der Waals surface area contributed by atoms with Gasteiger partial charge in [-0.1, -0.05) is 6.92 Å². The second kappa shape index (κ2) is 7.68. The van der Waals surface area contributed by atoms with Crippen LogP contribution in [0.4, 0.5) is 0 Å². The molecule has 0 aromatic carbocycles. The van der Waals surface area contributed by atoms with E-state index in [1.165, 1.54) is 0 Å². The number of rotatable bonds is 4. The van der Waals surface area contributed by atoms with Crippen LogP contribution < -0.4 is 0 Å². The summed E-state index contributed by atoms with van der Waals surface area (Å²) in [6.07, 6.45) is -10.1. The third-order valence-electron chi connectivity index (χ3n) is 4.67. The Morgan fingerprint density at radius 2 is 1.39 bits per heavy atom. The third-order valence-corrected chi connectivity index (χ3v) is 4.67. The van der Waals surface area contributed by atoms with E-state index in [1.54, 1.807) is 13.8 Å². The zero-order valence-corrected chi connectivity index (χ0v) is 13.1. The predicted molar refractivity (Wildman–Crippen MR) is 75.2 cm³/mol. The third kappa shape index (κ3) is 3.84. The first-order valence-corrected chi connectivity index (χ1v) is 7.71. The van der Waals surface area contributed by atoms with Crippen LogP contribution in [-0.4, -0.2) is 99.0 Å². The van der Waals surface area contributed by atoms with Gasteiger partial charge in [-0.25, -0.2) is 0 Å². The highest BCUT2D eigenvalue weighted by molar-refractivity contribution is 4.91. The lowest BCUT2D eigenvalue weighted by Crippen LogP contribution is -2.60. The van der Waals surface area contributed by atoms with Crippen molar-refractivity contribution in [2.24, 2.45) is 5.92 Å². The molecule has 0 bridgehead atoms. The molecule has 23 heavy (non-hydrogen) atoms. The van der Waals surface area contributed by atoms with Crippen LogP contribution in [0.3, 0.4) is 0 Å². The first-order valence-electron chi connectivity index (χ1n) is 7.71. The number of aliphatic hydroxyl groups is 6. The highest BCUT2D eigenvalue weighted by Crippen LogP contribution is 2.27. The molecule has 2 heterocycles. The standard InChI is InChI=1S/C14H26O9/c1-5-6(2)22-8(11(18)9(5)16)4-21-14-13(20)12(19)10(17)7(3-15)23-14/h5-20H,3-4H2,1-2H3. The van der Waals surface area contributed by atoms with Crippen molar-refractivity contribution >= 4 is 0 Å². The average Bonchev–Trinajstić information content (AvgIpc) is 2.54. The van der Waals surface area contributed by atoms with Gasteiger partial charge in [0.15, 0.2) is 6.29 Å². The van der Waals surface area contributed by atoms with Crippen molar-refractivity contribution in [1.82, 2.24) is 0 Å². The molecule has 136 valence electrons. The summed E-state index contributed by atoms with van der Waals surface area (Å²) < 4.78 is 16.1. The van der Waals surface area contributed by atoms with Crippen molar-refractivity contribution in [1.29, 1.82) is 0 Å². The second-order valence-corrected chi connectivity index (χ2v) is 6.25. The first kappa shape index (κ1) is 19.0. The number of ether oxygens (including phenoxy) is 3. The molecule has 0 saturated carbocycles. The van der Waals surface area contributed by atoms with E-state index in [0.29, 0.717) is 0 Å². The SMILES string of the molecule is CC1OC(COC2OC(CO)C(O)C(O)C2O)C(O)C(O)C1C. The van der Waals surface area contributed by atoms with Crippen LogP contribution in [0.25, 0.3) is 0 Å². The van der Waals surface area contributed by atoms with Gasteiger partial charge in [0.05, 0.1) is 25.4 Å². The average molecular weight is 338 g/mol. The summed E-state index contributed by atoms with van der Waals surface area (Å²) >= 11 is 0. The van der Waals surface area contributed by atoms with Gasteiger partial charge in [-0.3, -0.25) is 0 Å². The molecule has 2 aliphatic rings. The minimum absolute atomic E-state index is 0.196. The van der Waals surface area contributed by atoms with Gasteiger partial charge in [0.1, 0.15) is 36.6 Å². The topological polar surface area (TPSA) is 149 Å². The molecule has 0 amide bonds. The van der Waals surface area contributed by atoms with Crippen molar-refractivity contribution in [2.75, 3.05) is 13.2 Å². The lowest BCUT2D eigenvalue weighted by Gasteiger charge is -2.42. The van der Waals surface area contributed by atoms with Crippen molar-refractivity contribution in [3.63, 3.8) is 0 Å². The second-order valence-electron chi connectivity index (χ2n) is 6.25. The van der Waals surface area contributed by atoms with Crippen LogP contribution in [0.15, 0.2) is 0 Å². The molecule has 10 atom stereocenters. The van der Waals surface area contributed by atoms with E-state index in [0.717, 1.165) is 0 Å². The molecule has 9 heteroatoms. The van der Waals surface area contributed by atoms with Crippen LogP contribution in [0.1, 0.15) is 13.8 Å². The Morgan fingerprint density at radius 3 is 2.00 bits per heavy atom. The van der Waals surface area contributed by atoms with Gasteiger partial charge in [0.25, 0.3) is 0 Å². The van der Waals surface area contributed by atoms with Gasteiger partial charge in [-0.05, 0) is 6.92 Å². The van der Waals surface area contributed by atoms with Crippen LogP contribution >= 0.6 is 0 Å². The maximum atomic E-state index is 10.0. The Morgan fingerprint density at radius 1 is 0.783 bits per heavy atom. The summed E-state index contributed by atoms with van der Waals surface area (Å²) in [5, 5.41) is 58.3. The Kier molecular flexibility index (Phi) is 6.34. The smallest absolute Gasteiger partial charge is 0.186 e. The van der Waals surface area contributed by atoms with Gasteiger partial charge in [0, 0.05) is 5.92 Å². The van der Waals surface area contributed by atoms with E-state index in [9.17, 15) is 25.5 Å². The van der Waals surface area contributed by atoms with Gasteiger partial charge < -0.3 is 44.8 Å². The molecule has 2 fully saturated rings. The Balaban J connectivity index is 1.94. The van der Waals surface area contributed by atoms with Gasteiger partial charge in [-0.2, -0.15) is 0 Å². The van der Waals surface area contributed by atoms with E-state index in [-0.39, 0.29) is 18.6 Å². The van der Waals surface area contributed by atoms with E-state index in [4.69, 9.17) is 19.3 Å².